The van der Waals surface area contributed by atoms with Gasteiger partial charge in [0.15, 0.2) is 0 Å². The minimum absolute atomic E-state index is 0.936. The Morgan fingerprint density at radius 1 is 1.44 bits per heavy atom. The van der Waals surface area contributed by atoms with Gasteiger partial charge in [0.2, 0.25) is 0 Å². The lowest BCUT2D eigenvalue weighted by Crippen LogP contribution is -1.88. The summed E-state index contributed by atoms with van der Waals surface area (Å²) in [4.78, 5) is 0. The second kappa shape index (κ2) is 6.84. The third kappa shape index (κ3) is 4.31. The van der Waals surface area contributed by atoms with Gasteiger partial charge < -0.3 is 0 Å². The lowest BCUT2D eigenvalue weighted by atomic mass is 9.98. The standard InChI is InChI=1S/C16H20/c1-4-9-15(13-8-10-14(2)3)16-11-6-5-7-12-16/h4,6,8-9,11-13H,1-2,5,7,10H2,3H3/b13-8-,15-9+. The SMILES string of the molecule is C=C/C=C(\C=C/CC(=C)C)C1=CCCC=C1. The van der Waals surface area contributed by atoms with Gasteiger partial charge in [-0.3, -0.25) is 0 Å². The monoisotopic (exact) mass is 212 g/mol. The Balaban J connectivity index is 2.75. The Labute approximate surface area is 99.1 Å². The molecular formula is C16H20. The van der Waals surface area contributed by atoms with Crippen LogP contribution in [0, 0.1) is 0 Å². The molecule has 0 spiro atoms. The predicted molar refractivity (Wildman–Crippen MR) is 73.3 cm³/mol. The van der Waals surface area contributed by atoms with E-state index in [2.05, 4.69) is 49.6 Å². The molecular weight excluding hydrogens is 192 g/mol. The van der Waals surface area contributed by atoms with Gasteiger partial charge >= 0.3 is 0 Å². The molecule has 0 aromatic carbocycles. The Hall–Kier alpha value is -1.56. The minimum atomic E-state index is 0.936. The second-order valence-electron chi connectivity index (χ2n) is 4.06. The summed E-state index contributed by atoms with van der Waals surface area (Å²) < 4.78 is 0. The fourth-order valence-corrected chi connectivity index (χ4v) is 1.59. The summed E-state index contributed by atoms with van der Waals surface area (Å²) in [5.41, 5.74) is 3.71. The van der Waals surface area contributed by atoms with Crippen molar-refractivity contribution in [2.75, 3.05) is 0 Å². The van der Waals surface area contributed by atoms with Crippen molar-refractivity contribution in [1.29, 1.82) is 0 Å². The van der Waals surface area contributed by atoms with Gasteiger partial charge in [-0.1, -0.05) is 61.3 Å². The first-order chi connectivity index (χ1) is 7.74. The molecule has 0 unspecified atom stereocenters. The first kappa shape index (κ1) is 12.5. The molecule has 0 amide bonds. The van der Waals surface area contributed by atoms with Crippen molar-refractivity contribution >= 4 is 0 Å². The van der Waals surface area contributed by atoms with Gasteiger partial charge in [-0.15, -0.1) is 0 Å². The molecule has 0 aliphatic heterocycles. The molecule has 0 nitrogen and oxygen atoms in total. The van der Waals surface area contributed by atoms with Crippen LogP contribution in [0.5, 0.6) is 0 Å². The summed E-state index contributed by atoms with van der Waals surface area (Å²) in [6.45, 7) is 9.69. The number of allylic oxidation sites excluding steroid dienone is 10. The third-order valence-corrected chi connectivity index (χ3v) is 2.39. The van der Waals surface area contributed by atoms with Crippen molar-refractivity contribution < 1.29 is 0 Å². The van der Waals surface area contributed by atoms with Crippen molar-refractivity contribution in [3.8, 4) is 0 Å². The average Bonchev–Trinajstić information content (AvgIpc) is 2.29. The Kier molecular flexibility index (Phi) is 5.35. The van der Waals surface area contributed by atoms with E-state index in [-0.39, 0.29) is 0 Å². The molecule has 0 heteroatoms. The quantitative estimate of drug-likeness (QED) is 0.449. The Morgan fingerprint density at radius 3 is 2.81 bits per heavy atom. The highest BCUT2D eigenvalue weighted by atomic mass is 14.1. The van der Waals surface area contributed by atoms with E-state index < -0.39 is 0 Å². The van der Waals surface area contributed by atoms with Crippen molar-refractivity contribution in [2.24, 2.45) is 0 Å². The molecule has 0 saturated heterocycles. The molecule has 0 fully saturated rings. The van der Waals surface area contributed by atoms with Gasteiger partial charge in [0, 0.05) is 0 Å². The number of hydrogen-bond donors (Lipinski definition) is 0. The minimum Gasteiger partial charge on any atom is -0.0998 e. The van der Waals surface area contributed by atoms with Crippen LogP contribution >= 0.6 is 0 Å². The van der Waals surface area contributed by atoms with Gasteiger partial charge in [0.1, 0.15) is 0 Å². The molecule has 1 rings (SSSR count). The van der Waals surface area contributed by atoms with Gasteiger partial charge in [0.25, 0.3) is 0 Å². The van der Waals surface area contributed by atoms with Gasteiger partial charge in [-0.2, -0.15) is 0 Å². The lowest BCUT2D eigenvalue weighted by Gasteiger charge is -2.07. The highest BCUT2D eigenvalue weighted by molar-refractivity contribution is 5.48. The maximum Gasteiger partial charge on any atom is -0.0141 e. The normalized spacial score (nSPS) is 16.3. The maximum absolute atomic E-state index is 3.89. The van der Waals surface area contributed by atoms with Crippen LogP contribution < -0.4 is 0 Å². The van der Waals surface area contributed by atoms with Crippen molar-refractivity contribution in [2.45, 2.75) is 26.2 Å². The molecule has 0 aromatic heterocycles. The smallest absolute Gasteiger partial charge is 0.0141 e. The van der Waals surface area contributed by atoms with Crippen LogP contribution in [0.3, 0.4) is 0 Å². The summed E-state index contributed by atoms with van der Waals surface area (Å²) in [6, 6.07) is 0. The van der Waals surface area contributed by atoms with Crippen LogP contribution in [0.1, 0.15) is 26.2 Å². The zero-order valence-corrected chi connectivity index (χ0v) is 10.1. The summed E-state index contributed by atoms with van der Waals surface area (Å²) in [7, 11) is 0. The molecule has 0 radical (unpaired) electrons. The predicted octanol–water partition coefficient (Wildman–Crippen LogP) is 4.90. The molecule has 1 aliphatic carbocycles. The summed E-state index contributed by atoms with van der Waals surface area (Å²) in [5, 5.41) is 0. The summed E-state index contributed by atoms with van der Waals surface area (Å²) in [6.07, 6.45) is 18.1. The highest BCUT2D eigenvalue weighted by Gasteiger charge is 2.00. The number of rotatable bonds is 5. The van der Waals surface area contributed by atoms with Gasteiger partial charge in [0.05, 0.1) is 0 Å². The van der Waals surface area contributed by atoms with E-state index in [1.165, 1.54) is 16.7 Å². The highest BCUT2D eigenvalue weighted by Crippen LogP contribution is 2.19. The molecule has 16 heavy (non-hydrogen) atoms. The van der Waals surface area contributed by atoms with Crippen LogP contribution in [-0.4, -0.2) is 0 Å². The average molecular weight is 212 g/mol. The van der Waals surface area contributed by atoms with Crippen LogP contribution in [-0.2, 0) is 0 Å². The molecule has 0 N–H and O–H groups in total. The van der Waals surface area contributed by atoms with E-state index in [0.717, 1.165) is 19.3 Å². The summed E-state index contributed by atoms with van der Waals surface area (Å²) in [5.74, 6) is 0. The van der Waals surface area contributed by atoms with E-state index >= 15 is 0 Å². The van der Waals surface area contributed by atoms with Crippen LogP contribution in [0.25, 0.3) is 0 Å². The van der Waals surface area contributed by atoms with Gasteiger partial charge in [-0.05, 0) is 37.3 Å². The maximum atomic E-state index is 3.89. The zero-order chi connectivity index (χ0) is 11.8. The molecule has 0 saturated carbocycles. The first-order valence-corrected chi connectivity index (χ1v) is 5.74. The van der Waals surface area contributed by atoms with E-state index in [1.54, 1.807) is 0 Å². The van der Waals surface area contributed by atoms with E-state index in [1.807, 2.05) is 13.0 Å². The fraction of sp³-hybridized carbons (Fsp3) is 0.250. The van der Waals surface area contributed by atoms with Crippen molar-refractivity contribution in [3.63, 3.8) is 0 Å². The van der Waals surface area contributed by atoms with Crippen LogP contribution in [0.4, 0.5) is 0 Å². The molecule has 1 aliphatic rings. The van der Waals surface area contributed by atoms with E-state index in [4.69, 9.17) is 0 Å². The van der Waals surface area contributed by atoms with Crippen LogP contribution in [0.15, 0.2) is 72.4 Å². The van der Waals surface area contributed by atoms with Gasteiger partial charge in [-0.25, -0.2) is 0 Å². The van der Waals surface area contributed by atoms with Crippen molar-refractivity contribution in [1.82, 2.24) is 0 Å². The fourth-order valence-electron chi connectivity index (χ4n) is 1.59. The molecule has 0 heterocycles. The largest absolute Gasteiger partial charge is 0.0998 e. The molecule has 84 valence electrons. The first-order valence-electron chi connectivity index (χ1n) is 5.74. The Bertz CT molecular complexity index is 373. The number of hydrogen-bond acceptors (Lipinski definition) is 0. The second-order valence-corrected chi connectivity index (χ2v) is 4.06. The van der Waals surface area contributed by atoms with Crippen LogP contribution in [0.2, 0.25) is 0 Å². The lowest BCUT2D eigenvalue weighted by molar-refractivity contribution is 1.02. The van der Waals surface area contributed by atoms with E-state index in [0.29, 0.717) is 0 Å². The summed E-state index contributed by atoms with van der Waals surface area (Å²) >= 11 is 0. The molecule has 0 atom stereocenters. The zero-order valence-electron chi connectivity index (χ0n) is 10.1. The molecule has 0 aromatic rings. The Morgan fingerprint density at radius 2 is 2.25 bits per heavy atom. The third-order valence-electron chi connectivity index (χ3n) is 2.39. The van der Waals surface area contributed by atoms with E-state index in [9.17, 15) is 0 Å². The topological polar surface area (TPSA) is 0 Å². The van der Waals surface area contributed by atoms with Crippen molar-refractivity contribution in [3.05, 3.63) is 72.4 Å². The molecule has 0 bridgehead atoms.